The lowest BCUT2D eigenvalue weighted by Gasteiger charge is -2.04. The summed E-state index contributed by atoms with van der Waals surface area (Å²) in [5.74, 6) is -0.371. The maximum absolute atomic E-state index is 11.5. The zero-order valence-electron chi connectivity index (χ0n) is 10.6. The molecule has 0 amide bonds. The fourth-order valence-electron chi connectivity index (χ4n) is 1.76. The zero-order chi connectivity index (χ0) is 13.0. The first kappa shape index (κ1) is 12.6. The summed E-state index contributed by atoms with van der Waals surface area (Å²) < 4.78 is 6.29. The van der Waals surface area contributed by atoms with Crippen LogP contribution in [0.4, 0.5) is 0 Å². The van der Waals surface area contributed by atoms with Gasteiger partial charge in [-0.1, -0.05) is 35.0 Å². The van der Waals surface area contributed by atoms with Crippen molar-refractivity contribution in [3.8, 4) is 5.95 Å². The van der Waals surface area contributed by atoms with Crippen molar-refractivity contribution in [1.29, 1.82) is 0 Å². The third-order valence-corrected chi connectivity index (χ3v) is 2.68. The molecule has 0 radical (unpaired) electrons. The molecule has 0 aliphatic heterocycles. The lowest BCUT2D eigenvalue weighted by Crippen LogP contribution is -2.43. The Bertz CT molecular complexity index is 494. The van der Waals surface area contributed by atoms with E-state index in [1.54, 1.807) is 4.68 Å². The van der Waals surface area contributed by atoms with Gasteiger partial charge in [-0.3, -0.25) is 0 Å². The molecule has 0 saturated heterocycles. The average Bonchev–Trinajstić information content (AvgIpc) is 2.73. The van der Waals surface area contributed by atoms with Crippen LogP contribution in [-0.4, -0.2) is 5.27 Å². The Labute approximate surface area is 106 Å². The molecule has 0 bridgehead atoms. The van der Waals surface area contributed by atoms with Crippen molar-refractivity contribution in [1.82, 2.24) is 10.6 Å². The third-order valence-electron chi connectivity index (χ3n) is 2.68. The highest BCUT2D eigenvalue weighted by Gasteiger charge is 2.19. The van der Waals surface area contributed by atoms with E-state index in [0.717, 1.165) is 0 Å². The number of benzene rings is 1. The van der Waals surface area contributed by atoms with Crippen LogP contribution in [-0.2, 0) is 13.1 Å². The Kier molecular flexibility index (Phi) is 3.94. The van der Waals surface area contributed by atoms with E-state index < -0.39 is 0 Å². The van der Waals surface area contributed by atoms with Gasteiger partial charge in [0.1, 0.15) is 0 Å². The molecular weight excluding hydrogens is 230 g/mol. The zero-order valence-corrected chi connectivity index (χ0v) is 10.6. The highest BCUT2D eigenvalue weighted by molar-refractivity contribution is 5.14. The van der Waals surface area contributed by atoms with E-state index in [-0.39, 0.29) is 12.0 Å². The van der Waals surface area contributed by atoms with Crippen molar-refractivity contribution in [2.24, 2.45) is 0 Å². The summed E-state index contributed by atoms with van der Waals surface area (Å²) in [6.45, 7) is 5.09. The molecule has 2 rings (SSSR count). The summed E-state index contributed by atoms with van der Waals surface area (Å²) in [7, 11) is 0. The van der Waals surface area contributed by atoms with Gasteiger partial charge >= 0.3 is 0 Å². The van der Waals surface area contributed by atoms with Crippen LogP contribution < -0.4 is 15.1 Å². The topological polar surface area (TPSA) is 65.0 Å². The van der Waals surface area contributed by atoms with Crippen LogP contribution >= 0.6 is 0 Å². The van der Waals surface area contributed by atoms with E-state index in [4.69, 9.17) is 0 Å². The van der Waals surface area contributed by atoms with E-state index in [2.05, 4.69) is 15.1 Å². The van der Waals surface area contributed by atoms with E-state index in [1.807, 2.05) is 44.2 Å². The molecule has 0 atom stereocenters. The second kappa shape index (κ2) is 5.64. The summed E-state index contributed by atoms with van der Waals surface area (Å²) in [5, 5.41) is 18.4. The van der Waals surface area contributed by atoms with Crippen molar-refractivity contribution >= 4 is 0 Å². The van der Waals surface area contributed by atoms with Gasteiger partial charge in [-0.15, -0.1) is 0 Å². The van der Waals surface area contributed by atoms with Crippen LogP contribution in [0.15, 0.2) is 34.9 Å². The molecule has 0 spiro atoms. The summed E-state index contributed by atoms with van der Waals surface area (Å²) in [6, 6.07) is 10.1. The van der Waals surface area contributed by atoms with Crippen LogP contribution in [0.1, 0.15) is 31.1 Å². The summed E-state index contributed by atoms with van der Waals surface area (Å²) in [6.07, 6.45) is 0. The van der Waals surface area contributed by atoms with Crippen LogP contribution in [0.25, 0.3) is 0 Å². The standard InChI is InChI=1S/C13H17N3O2/c1-10(2)16-12(13(17)18-15-16)9-14-8-11-6-4-3-5-7-11/h3-7,10,14H,8-9H2,1-2H3. The smallest absolute Gasteiger partial charge is 0.247 e. The normalized spacial score (nSPS) is 11.1. The Morgan fingerprint density at radius 1 is 1.28 bits per heavy atom. The van der Waals surface area contributed by atoms with Crippen molar-refractivity contribution in [3.05, 3.63) is 41.6 Å². The number of hydrogen-bond donors (Lipinski definition) is 1. The fraction of sp³-hybridized carbons (Fsp3) is 0.385. The molecule has 0 fully saturated rings. The molecule has 1 heterocycles. The van der Waals surface area contributed by atoms with Gasteiger partial charge in [0.15, 0.2) is 12.0 Å². The molecular formula is C13H17N3O2. The Morgan fingerprint density at radius 2 is 2.00 bits per heavy atom. The minimum absolute atomic E-state index is 0.116. The van der Waals surface area contributed by atoms with E-state index >= 15 is 0 Å². The molecule has 1 aromatic heterocycles. The average molecular weight is 247 g/mol. The summed E-state index contributed by atoms with van der Waals surface area (Å²) in [4.78, 5) is 0. The van der Waals surface area contributed by atoms with Gasteiger partial charge < -0.3 is 14.9 Å². The molecule has 1 aromatic carbocycles. The Balaban J connectivity index is 1.96. The maximum atomic E-state index is 11.5. The predicted octanol–water partition coefficient (Wildman–Crippen LogP) is 0.906. The lowest BCUT2D eigenvalue weighted by molar-refractivity contribution is -0.785. The van der Waals surface area contributed by atoms with Gasteiger partial charge in [0, 0.05) is 6.54 Å². The first-order valence-corrected chi connectivity index (χ1v) is 6.00. The van der Waals surface area contributed by atoms with Crippen LogP contribution in [0.3, 0.4) is 0 Å². The highest BCUT2D eigenvalue weighted by atomic mass is 16.6. The quantitative estimate of drug-likeness (QED) is 0.797. The number of nitrogens with one attached hydrogen (secondary N) is 1. The summed E-state index contributed by atoms with van der Waals surface area (Å²) >= 11 is 0. The van der Waals surface area contributed by atoms with Gasteiger partial charge in [-0.05, 0) is 19.4 Å². The number of aromatic nitrogens is 2. The van der Waals surface area contributed by atoms with Crippen LogP contribution in [0.2, 0.25) is 0 Å². The first-order valence-electron chi connectivity index (χ1n) is 6.00. The third kappa shape index (κ3) is 2.87. The number of nitrogens with zero attached hydrogens (tertiary/aromatic N) is 2. The number of rotatable bonds is 5. The van der Waals surface area contributed by atoms with Gasteiger partial charge in [-0.2, -0.15) is 0 Å². The van der Waals surface area contributed by atoms with Crippen molar-refractivity contribution in [3.63, 3.8) is 0 Å². The van der Waals surface area contributed by atoms with Crippen LogP contribution in [0, 0.1) is 0 Å². The maximum Gasteiger partial charge on any atom is 0.247 e. The molecule has 1 N–H and O–H groups in total. The number of hydrogen-bond acceptors (Lipinski definition) is 4. The highest BCUT2D eigenvalue weighted by Crippen LogP contribution is 2.09. The summed E-state index contributed by atoms with van der Waals surface area (Å²) in [5.41, 5.74) is 1.73. The second-order valence-electron chi connectivity index (χ2n) is 4.43. The van der Waals surface area contributed by atoms with Gasteiger partial charge in [-0.25, -0.2) is 0 Å². The fourth-order valence-corrected chi connectivity index (χ4v) is 1.76. The van der Waals surface area contributed by atoms with E-state index in [1.165, 1.54) is 5.56 Å². The molecule has 0 saturated carbocycles. The van der Waals surface area contributed by atoms with E-state index in [9.17, 15) is 5.11 Å². The SMILES string of the molecule is CC(C)[n+]1noc([O-])c1CNCc1ccccc1. The first-order chi connectivity index (χ1) is 8.68. The second-order valence-corrected chi connectivity index (χ2v) is 4.43. The van der Waals surface area contributed by atoms with Gasteiger partial charge in [0.05, 0.1) is 11.8 Å². The molecule has 5 heteroatoms. The largest absolute Gasteiger partial charge is 0.539 e. The monoisotopic (exact) mass is 247 g/mol. The predicted molar refractivity (Wildman–Crippen MR) is 63.5 cm³/mol. The Hall–Kier alpha value is -1.88. The molecule has 18 heavy (non-hydrogen) atoms. The molecule has 0 aliphatic rings. The molecule has 0 aliphatic carbocycles. The molecule has 0 unspecified atom stereocenters. The van der Waals surface area contributed by atoms with Gasteiger partial charge in [0.25, 0.3) is 0 Å². The minimum Gasteiger partial charge on any atom is -0.539 e. The minimum atomic E-state index is -0.371. The van der Waals surface area contributed by atoms with Crippen molar-refractivity contribution in [2.45, 2.75) is 33.0 Å². The van der Waals surface area contributed by atoms with Crippen molar-refractivity contribution < 1.29 is 14.3 Å². The van der Waals surface area contributed by atoms with Crippen molar-refractivity contribution in [2.75, 3.05) is 0 Å². The lowest BCUT2D eigenvalue weighted by atomic mass is 10.2. The molecule has 5 nitrogen and oxygen atoms in total. The molecule has 2 aromatic rings. The Morgan fingerprint density at radius 3 is 2.67 bits per heavy atom. The molecule has 96 valence electrons. The van der Waals surface area contributed by atoms with Gasteiger partial charge in [0.2, 0.25) is 5.69 Å². The van der Waals surface area contributed by atoms with Crippen LogP contribution in [0.5, 0.6) is 5.95 Å². The van der Waals surface area contributed by atoms with E-state index in [0.29, 0.717) is 18.8 Å².